The van der Waals surface area contributed by atoms with E-state index in [4.69, 9.17) is 23.7 Å². The molecule has 0 aromatic rings. The highest BCUT2D eigenvalue weighted by Gasteiger charge is 2.54. The Hall–Kier alpha value is -0.200. The van der Waals surface area contributed by atoms with E-state index in [9.17, 15) is 0 Å². The monoisotopic (exact) mass is 430 g/mol. The summed E-state index contributed by atoms with van der Waals surface area (Å²) in [7, 11) is 0. The van der Waals surface area contributed by atoms with E-state index in [0.29, 0.717) is 84.7 Å². The summed E-state index contributed by atoms with van der Waals surface area (Å²) in [6.45, 7) is 0. The molecule has 0 bridgehead atoms. The highest BCUT2D eigenvalue weighted by molar-refractivity contribution is 5.03. The van der Waals surface area contributed by atoms with Crippen molar-refractivity contribution in [3.8, 4) is 0 Å². The van der Waals surface area contributed by atoms with Crippen LogP contribution in [0.5, 0.6) is 0 Å². The maximum atomic E-state index is 7.45. The van der Waals surface area contributed by atoms with Crippen molar-refractivity contribution in [1.29, 1.82) is 0 Å². The fourth-order valence-electron chi connectivity index (χ4n) is 8.33. The van der Waals surface area contributed by atoms with Gasteiger partial charge in [0.05, 0.1) is 61.0 Å². The zero-order valence-electron chi connectivity index (χ0n) is 18.6. The number of epoxide rings is 4. The number of hydrogen-bond donors (Lipinski definition) is 0. The van der Waals surface area contributed by atoms with Crippen LogP contribution >= 0.6 is 0 Å². The van der Waals surface area contributed by atoms with Crippen molar-refractivity contribution in [2.45, 2.75) is 138 Å². The lowest BCUT2D eigenvalue weighted by Gasteiger charge is -2.43. The van der Waals surface area contributed by atoms with Gasteiger partial charge in [0.2, 0.25) is 0 Å². The number of hydrogen-bond acceptors (Lipinski definition) is 5. The molecular weight excluding hydrogens is 392 g/mol. The summed E-state index contributed by atoms with van der Waals surface area (Å²) in [6.07, 6.45) is 20.3. The molecule has 8 fully saturated rings. The van der Waals surface area contributed by atoms with Crippen LogP contribution in [0.15, 0.2) is 0 Å². The molecule has 0 aromatic carbocycles. The molecule has 5 nitrogen and oxygen atoms in total. The van der Waals surface area contributed by atoms with Crippen molar-refractivity contribution in [2.24, 2.45) is 23.7 Å². The van der Waals surface area contributed by atoms with Crippen molar-refractivity contribution in [3.05, 3.63) is 0 Å². The summed E-state index contributed by atoms with van der Waals surface area (Å²) in [5, 5.41) is 0. The van der Waals surface area contributed by atoms with Gasteiger partial charge in [-0.1, -0.05) is 0 Å². The fraction of sp³-hybridized carbons (Fsp3) is 1.00. The van der Waals surface area contributed by atoms with E-state index in [2.05, 4.69) is 0 Å². The molecule has 0 N–H and O–H groups in total. The maximum absolute atomic E-state index is 7.45. The Morgan fingerprint density at radius 2 is 0.677 bits per heavy atom. The molecule has 4 saturated heterocycles. The topological polar surface area (TPSA) is 59.4 Å². The molecular formula is C26H38O5. The van der Waals surface area contributed by atoms with Gasteiger partial charge < -0.3 is 23.7 Å². The quantitative estimate of drug-likeness (QED) is 0.596. The van der Waals surface area contributed by atoms with Crippen LogP contribution in [0.2, 0.25) is 0 Å². The Morgan fingerprint density at radius 1 is 0.387 bits per heavy atom. The van der Waals surface area contributed by atoms with E-state index < -0.39 is 0 Å². The zero-order chi connectivity index (χ0) is 20.1. The second kappa shape index (κ2) is 7.15. The van der Waals surface area contributed by atoms with Gasteiger partial charge in [-0.05, 0) is 101 Å². The lowest BCUT2D eigenvalue weighted by molar-refractivity contribution is -0.133. The van der Waals surface area contributed by atoms with Crippen LogP contribution in [0.1, 0.15) is 77.0 Å². The highest BCUT2D eigenvalue weighted by Crippen LogP contribution is 2.51. The minimum atomic E-state index is 0.399. The lowest BCUT2D eigenvalue weighted by Crippen LogP contribution is -2.45. The van der Waals surface area contributed by atoms with E-state index in [1.165, 1.54) is 77.0 Å². The maximum Gasteiger partial charge on any atom is 0.0845 e. The molecule has 8 rings (SSSR count). The summed E-state index contributed by atoms with van der Waals surface area (Å²) >= 11 is 0. The van der Waals surface area contributed by atoms with Gasteiger partial charge in [-0.15, -0.1) is 0 Å². The molecule has 4 heterocycles. The predicted molar refractivity (Wildman–Crippen MR) is 113 cm³/mol. The largest absolute Gasteiger partial charge is 0.374 e. The van der Waals surface area contributed by atoms with Gasteiger partial charge >= 0.3 is 0 Å². The highest BCUT2D eigenvalue weighted by atomic mass is 16.6. The van der Waals surface area contributed by atoms with Crippen molar-refractivity contribution < 1.29 is 23.7 Å². The zero-order valence-corrected chi connectivity index (χ0v) is 18.6. The Bertz CT molecular complexity index is 600. The third-order valence-electron chi connectivity index (χ3n) is 10.4. The second-order valence-electron chi connectivity index (χ2n) is 12.2. The van der Waals surface area contributed by atoms with Crippen molar-refractivity contribution in [3.63, 3.8) is 0 Å². The van der Waals surface area contributed by atoms with Gasteiger partial charge in [0.25, 0.3) is 0 Å². The second-order valence-corrected chi connectivity index (χ2v) is 12.2. The van der Waals surface area contributed by atoms with Gasteiger partial charge in [-0.3, -0.25) is 0 Å². The predicted octanol–water partition coefficient (Wildman–Crippen LogP) is 4.01. The average molecular weight is 431 g/mol. The first-order valence-corrected chi connectivity index (χ1v) is 13.6. The minimum Gasteiger partial charge on any atom is -0.374 e. The molecule has 31 heavy (non-hydrogen) atoms. The molecule has 0 amide bonds. The van der Waals surface area contributed by atoms with Crippen molar-refractivity contribution in [1.82, 2.24) is 0 Å². The minimum absolute atomic E-state index is 0.399. The van der Waals surface area contributed by atoms with Gasteiger partial charge in [0.1, 0.15) is 0 Å². The number of rotatable bonds is 6. The average Bonchev–Trinajstić information content (AvgIpc) is 3.65. The van der Waals surface area contributed by atoms with Crippen LogP contribution in [0.25, 0.3) is 0 Å². The molecule has 0 spiro atoms. The van der Waals surface area contributed by atoms with E-state index in [0.717, 1.165) is 0 Å². The van der Waals surface area contributed by atoms with Gasteiger partial charge in [0.15, 0.2) is 0 Å². The molecule has 12 atom stereocenters. The van der Waals surface area contributed by atoms with Crippen LogP contribution in [-0.2, 0) is 23.7 Å². The van der Waals surface area contributed by atoms with Gasteiger partial charge in [-0.2, -0.15) is 0 Å². The molecule has 12 unspecified atom stereocenters. The molecule has 0 aromatic heterocycles. The van der Waals surface area contributed by atoms with E-state index in [-0.39, 0.29) is 0 Å². The molecule has 5 heteroatoms. The lowest BCUT2D eigenvalue weighted by atomic mass is 9.73. The van der Waals surface area contributed by atoms with Gasteiger partial charge in [0, 0.05) is 0 Å². The fourth-order valence-corrected chi connectivity index (χ4v) is 8.33. The van der Waals surface area contributed by atoms with Crippen LogP contribution in [-0.4, -0.2) is 61.0 Å². The summed E-state index contributed by atoms with van der Waals surface area (Å²) in [6, 6.07) is 0. The van der Waals surface area contributed by atoms with Gasteiger partial charge in [-0.25, -0.2) is 0 Å². The third-order valence-corrected chi connectivity index (χ3v) is 10.4. The van der Waals surface area contributed by atoms with Crippen LogP contribution < -0.4 is 0 Å². The Kier molecular flexibility index (Phi) is 4.41. The van der Waals surface area contributed by atoms with E-state index >= 15 is 0 Å². The van der Waals surface area contributed by atoms with E-state index in [1.54, 1.807) is 0 Å². The Morgan fingerprint density at radius 3 is 0.935 bits per heavy atom. The van der Waals surface area contributed by atoms with Crippen molar-refractivity contribution in [2.75, 3.05) is 0 Å². The normalized spacial score (nSPS) is 58.1. The summed E-state index contributed by atoms with van der Waals surface area (Å²) < 4.78 is 31.2. The smallest absolute Gasteiger partial charge is 0.0845 e. The molecule has 8 aliphatic rings. The Labute approximate surface area is 185 Å². The molecule has 172 valence electrons. The molecule has 4 aliphatic carbocycles. The number of fused-ring (bicyclic) bond motifs is 4. The molecule has 0 radical (unpaired) electrons. The summed E-state index contributed by atoms with van der Waals surface area (Å²) in [5.41, 5.74) is 0. The van der Waals surface area contributed by atoms with E-state index in [1.807, 2.05) is 0 Å². The molecule has 4 saturated carbocycles. The first-order chi connectivity index (χ1) is 15.3. The first-order valence-electron chi connectivity index (χ1n) is 13.6. The Balaban J connectivity index is 1.05. The summed E-state index contributed by atoms with van der Waals surface area (Å²) in [5.74, 6) is 2.70. The first kappa shape index (κ1) is 19.1. The standard InChI is InChI=1S/C26H38O5/c1-5-17-21(27-17)9-13(1)25(14-2-6-18-22(10-14)28-18)31-26(15-3-7-19-23(11-15)29-19)16-4-8-20-24(12-16)30-20/h13-26H,1-12H2. The van der Waals surface area contributed by atoms with Crippen LogP contribution in [0.4, 0.5) is 0 Å². The third kappa shape index (κ3) is 3.62. The molecule has 4 aliphatic heterocycles. The van der Waals surface area contributed by atoms with Crippen LogP contribution in [0, 0.1) is 23.7 Å². The SMILES string of the molecule is C1CC2OC2CC1C(OC(C1CCC2OC2C1)C1CCC2OC2C1)C1CCC2OC2C1. The van der Waals surface area contributed by atoms with Crippen LogP contribution in [0.3, 0.4) is 0 Å². The number of ether oxygens (including phenoxy) is 5. The van der Waals surface area contributed by atoms with Crippen molar-refractivity contribution >= 4 is 0 Å². The summed E-state index contributed by atoms with van der Waals surface area (Å²) in [4.78, 5) is 0.